The van der Waals surface area contributed by atoms with E-state index in [9.17, 15) is 0 Å². The van der Waals surface area contributed by atoms with Gasteiger partial charge in [0.05, 0.1) is 17.1 Å². The molecule has 3 heteroatoms. The van der Waals surface area contributed by atoms with Crippen molar-refractivity contribution >= 4 is 77.6 Å². The average molecular weight is 1020 g/mol. The fourth-order valence-corrected chi connectivity index (χ4v) is 11.5. The smallest absolute Gasteiger partial charge is 0.136 e. The minimum absolute atomic E-state index is 0.0542. The lowest BCUT2D eigenvalue weighted by atomic mass is 9.86. The number of fused-ring (bicyclic) bond motifs is 5. The van der Waals surface area contributed by atoms with E-state index in [0.29, 0.717) is 0 Å². The van der Waals surface area contributed by atoms with Crippen LogP contribution in [0.4, 0.5) is 34.1 Å². The average Bonchev–Trinajstić information content (AvgIpc) is 3.90. The Morgan fingerprint density at radius 1 is 0.266 bits per heavy atom. The molecule has 79 heavy (non-hydrogen) atoms. The highest BCUT2D eigenvalue weighted by atomic mass is 16.3. The van der Waals surface area contributed by atoms with Crippen LogP contribution in [0.25, 0.3) is 88.0 Å². The number of para-hydroxylation sites is 3. The van der Waals surface area contributed by atoms with Gasteiger partial charge in [0.2, 0.25) is 0 Å². The van der Waals surface area contributed by atoms with Crippen LogP contribution in [0.1, 0.15) is 52.7 Å². The summed E-state index contributed by atoms with van der Waals surface area (Å²) < 4.78 is 6.94. The van der Waals surface area contributed by atoms with E-state index in [2.05, 4.69) is 318 Å². The summed E-state index contributed by atoms with van der Waals surface area (Å²) in [6.07, 6.45) is 0. The molecule has 0 fully saturated rings. The molecule has 13 rings (SSSR count). The quantitative estimate of drug-likeness (QED) is 0.136. The zero-order valence-corrected chi connectivity index (χ0v) is 45.7. The number of furan rings is 1. The third kappa shape index (κ3) is 9.42. The topological polar surface area (TPSA) is 19.6 Å². The van der Waals surface area contributed by atoms with Crippen LogP contribution in [0.3, 0.4) is 0 Å². The Morgan fingerprint density at radius 2 is 0.646 bits per heavy atom. The summed E-state index contributed by atoms with van der Waals surface area (Å²) in [6.45, 7) is 13.6. The Kier molecular flexibility index (Phi) is 12.4. The van der Waals surface area contributed by atoms with Crippen molar-refractivity contribution in [2.24, 2.45) is 0 Å². The molecule has 12 aromatic carbocycles. The van der Waals surface area contributed by atoms with Gasteiger partial charge >= 0.3 is 0 Å². The molecule has 0 N–H and O–H groups in total. The lowest BCUT2D eigenvalue weighted by molar-refractivity contribution is 0.590. The monoisotopic (exact) mass is 1020 g/mol. The lowest BCUT2D eigenvalue weighted by Crippen LogP contribution is -2.13. The van der Waals surface area contributed by atoms with Crippen molar-refractivity contribution in [1.82, 2.24) is 0 Å². The van der Waals surface area contributed by atoms with Crippen LogP contribution < -0.4 is 9.80 Å². The van der Waals surface area contributed by atoms with Gasteiger partial charge in [-0.05, 0) is 150 Å². The van der Waals surface area contributed by atoms with E-state index >= 15 is 0 Å². The summed E-state index contributed by atoms with van der Waals surface area (Å²) in [4.78, 5) is 4.85. The van der Waals surface area contributed by atoms with Crippen LogP contribution in [-0.4, -0.2) is 0 Å². The molecule has 0 amide bonds. The van der Waals surface area contributed by atoms with Gasteiger partial charge < -0.3 is 14.2 Å². The Balaban J connectivity index is 0.933. The van der Waals surface area contributed by atoms with Crippen molar-refractivity contribution in [3.05, 3.63) is 278 Å². The molecule has 0 aliphatic heterocycles. The first kappa shape index (κ1) is 49.2. The number of benzene rings is 12. The van der Waals surface area contributed by atoms with Crippen LogP contribution in [0.2, 0.25) is 0 Å². The molecule has 382 valence electrons. The highest BCUT2D eigenvalue weighted by Gasteiger charge is 2.24. The second-order valence-electron chi connectivity index (χ2n) is 23.0. The van der Waals surface area contributed by atoms with E-state index in [1.54, 1.807) is 0 Å². The van der Waals surface area contributed by atoms with Gasteiger partial charge in [-0.3, -0.25) is 0 Å². The minimum Gasteiger partial charge on any atom is -0.456 e. The first-order valence-corrected chi connectivity index (χ1v) is 27.6. The number of hydrogen-bond acceptors (Lipinski definition) is 3. The van der Waals surface area contributed by atoms with Crippen molar-refractivity contribution in [3.8, 4) is 44.5 Å². The van der Waals surface area contributed by atoms with Gasteiger partial charge in [0.15, 0.2) is 0 Å². The SMILES string of the molecule is CC(C)(C)c1ccc(-c2ccccc2N(c2cccc(-c3ccccc3)c2)c2ccc3cc4c(cc3c2)oc2cc3cc(N(c5ccccc5-c5ccccc5)c5ccccc5-c5ccc(C(C)(C)C)cc5)ccc3cc24)cc1. The van der Waals surface area contributed by atoms with E-state index in [1.807, 2.05) is 0 Å². The summed E-state index contributed by atoms with van der Waals surface area (Å²) in [6, 6.07) is 97.6. The second kappa shape index (κ2) is 19.8. The Hall–Kier alpha value is -9.44. The molecule has 0 spiro atoms. The number of anilines is 6. The van der Waals surface area contributed by atoms with Crippen molar-refractivity contribution < 1.29 is 4.42 Å². The maximum absolute atomic E-state index is 6.94. The van der Waals surface area contributed by atoms with Crippen LogP contribution in [0.15, 0.2) is 271 Å². The zero-order chi connectivity index (χ0) is 53.8. The van der Waals surface area contributed by atoms with Crippen LogP contribution >= 0.6 is 0 Å². The van der Waals surface area contributed by atoms with Gasteiger partial charge in [-0.15, -0.1) is 0 Å². The summed E-state index contributed by atoms with van der Waals surface area (Å²) in [5.74, 6) is 0. The predicted octanol–water partition coefficient (Wildman–Crippen LogP) is 22.1. The van der Waals surface area contributed by atoms with Crippen LogP contribution in [0, 0.1) is 0 Å². The lowest BCUT2D eigenvalue weighted by Gasteiger charge is -2.30. The Bertz CT molecular complexity index is 4370. The molecule has 0 unspecified atom stereocenters. The number of rotatable bonds is 10. The first-order chi connectivity index (χ1) is 38.4. The van der Waals surface area contributed by atoms with Crippen molar-refractivity contribution in [2.75, 3.05) is 9.80 Å². The predicted molar refractivity (Wildman–Crippen MR) is 337 cm³/mol. The molecule has 0 aliphatic rings. The van der Waals surface area contributed by atoms with Gasteiger partial charge in [0.25, 0.3) is 0 Å². The molecule has 0 bridgehead atoms. The molecular weight excluding hydrogens is 957 g/mol. The fraction of sp³-hybridized carbons (Fsp3) is 0.105. The number of hydrogen-bond donors (Lipinski definition) is 0. The molecule has 1 heterocycles. The van der Waals surface area contributed by atoms with Gasteiger partial charge in [-0.25, -0.2) is 0 Å². The third-order valence-electron chi connectivity index (χ3n) is 15.7. The fourth-order valence-electron chi connectivity index (χ4n) is 11.5. The van der Waals surface area contributed by atoms with E-state index in [4.69, 9.17) is 4.42 Å². The largest absolute Gasteiger partial charge is 0.456 e. The zero-order valence-electron chi connectivity index (χ0n) is 45.7. The van der Waals surface area contributed by atoms with E-state index in [0.717, 1.165) is 105 Å². The van der Waals surface area contributed by atoms with Crippen molar-refractivity contribution in [1.29, 1.82) is 0 Å². The summed E-state index contributed by atoms with van der Waals surface area (Å²) >= 11 is 0. The first-order valence-electron chi connectivity index (χ1n) is 27.6. The maximum Gasteiger partial charge on any atom is 0.136 e. The maximum atomic E-state index is 6.94. The molecule has 0 aliphatic carbocycles. The summed E-state index contributed by atoms with van der Waals surface area (Å²) in [5.41, 5.74) is 20.3. The van der Waals surface area contributed by atoms with Gasteiger partial charge in [0.1, 0.15) is 11.2 Å². The molecule has 0 radical (unpaired) electrons. The van der Waals surface area contributed by atoms with Crippen LogP contribution in [-0.2, 0) is 10.8 Å². The van der Waals surface area contributed by atoms with Crippen LogP contribution in [0.5, 0.6) is 0 Å². The third-order valence-corrected chi connectivity index (χ3v) is 15.7. The molecule has 13 aromatic rings. The molecule has 3 nitrogen and oxygen atoms in total. The molecule has 1 aromatic heterocycles. The van der Waals surface area contributed by atoms with E-state index in [1.165, 1.54) is 27.8 Å². The Morgan fingerprint density at radius 3 is 1.11 bits per heavy atom. The number of nitrogens with zero attached hydrogens (tertiary/aromatic N) is 2. The van der Waals surface area contributed by atoms with Gasteiger partial charge in [-0.2, -0.15) is 0 Å². The summed E-state index contributed by atoms with van der Waals surface area (Å²) in [5, 5.41) is 6.70. The summed E-state index contributed by atoms with van der Waals surface area (Å²) in [7, 11) is 0. The normalized spacial score (nSPS) is 11.9. The van der Waals surface area contributed by atoms with Crippen molar-refractivity contribution in [2.45, 2.75) is 52.4 Å². The second-order valence-corrected chi connectivity index (χ2v) is 23.0. The molecule has 0 saturated carbocycles. The minimum atomic E-state index is 0.0542. The van der Waals surface area contributed by atoms with Crippen molar-refractivity contribution in [3.63, 3.8) is 0 Å². The Labute approximate surface area is 464 Å². The molecular formula is C76H62N2O. The highest BCUT2D eigenvalue weighted by Crippen LogP contribution is 2.48. The van der Waals surface area contributed by atoms with E-state index < -0.39 is 0 Å². The molecule has 0 saturated heterocycles. The van der Waals surface area contributed by atoms with E-state index in [-0.39, 0.29) is 10.8 Å². The van der Waals surface area contributed by atoms with Gasteiger partial charge in [0, 0.05) is 44.5 Å². The highest BCUT2D eigenvalue weighted by molar-refractivity contribution is 6.14. The standard InChI is InChI=1S/C76H62N2O/c1-75(2,3)60-38-32-53(33-39-60)66-27-13-16-29-70(66)77(62-25-19-24-55(44-62)51-20-9-7-10-21-51)63-42-36-56-47-68-69-48-57-37-43-64(46-59(57)50-74(69)79-73(68)49-58(56)45-63)78(71-30-17-14-26-65(71)52-22-11-8-12-23-52)72-31-18-15-28-67(72)54-34-40-61(41-35-54)76(4,5)6/h7-50H,1-6H3. The van der Waals surface area contributed by atoms with Gasteiger partial charge in [-0.1, -0.05) is 230 Å². The molecule has 0 atom stereocenters.